The predicted octanol–water partition coefficient (Wildman–Crippen LogP) is 3.65. The molecule has 0 aliphatic rings. The van der Waals surface area contributed by atoms with E-state index in [0.717, 1.165) is 43.9 Å². The molecular weight excluding hydrogens is 298 g/mol. The van der Waals surface area contributed by atoms with Gasteiger partial charge in [-0.15, -0.1) is 0 Å². The quantitative estimate of drug-likeness (QED) is 0.666. The second-order valence-corrected chi connectivity index (χ2v) is 6.12. The van der Waals surface area contributed by atoms with Crippen LogP contribution >= 0.6 is 0 Å². The Balaban J connectivity index is 2.15. The van der Waals surface area contributed by atoms with Gasteiger partial charge in [-0.25, -0.2) is 4.98 Å². The fraction of sp³-hybridized carbons (Fsp3) is 0.421. The van der Waals surface area contributed by atoms with Crippen LogP contribution in [0.2, 0.25) is 0 Å². The van der Waals surface area contributed by atoms with E-state index in [1.54, 1.807) is 6.33 Å². The zero-order valence-corrected chi connectivity index (χ0v) is 14.7. The molecule has 1 aromatic carbocycles. The van der Waals surface area contributed by atoms with Crippen LogP contribution in [0.1, 0.15) is 43.5 Å². The highest BCUT2D eigenvalue weighted by atomic mass is 15.4. The van der Waals surface area contributed by atoms with E-state index in [9.17, 15) is 0 Å². The molecule has 0 radical (unpaired) electrons. The Morgan fingerprint density at radius 3 is 2.42 bits per heavy atom. The van der Waals surface area contributed by atoms with E-state index in [0.29, 0.717) is 5.78 Å². The molecule has 0 N–H and O–H groups in total. The number of hydrogen-bond acceptors (Lipinski definition) is 4. The van der Waals surface area contributed by atoms with Crippen LogP contribution in [0.5, 0.6) is 0 Å². The van der Waals surface area contributed by atoms with Gasteiger partial charge in [-0.3, -0.25) is 0 Å². The van der Waals surface area contributed by atoms with Gasteiger partial charge in [0, 0.05) is 30.8 Å². The van der Waals surface area contributed by atoms with Gasteiger partial charge in [0.2, 0.25) is 0 Å². The predicted molar refractivity (Wildman–Crippen MR) is 97.6 cm³/mol. The fourth-order valence-electron chi connectivity index (χ4n) is 3.16. The second kappa shape index (κ2) is 7.43. The van der Waals surface area contributed by atoms with Crippen molar-refractivity contribution < 1.29 is 0 Å². The van der Waals surface area contributed by atoms with E-state index in [1.165, 1.54) is 11.1 Å². The minimum Gasteiger partial charge on any atom is -0.356 e. The van der Waals surface area contributed by atoms with Crippen LogP contribution in [0.25, 0.3) is 5.78 Å². The summed E-state index contributed by atoms with van der Waals surface area (Å²) in [6.45, 7) is 8.52. The summed E-state index contributed by atoms with van der Waals surface area (Å²) in [6, 6.07) is 10.6. The van der Waals surface area contributed by atoms with Crippen LogP contribution in [0, 0.1) is 6.92 Å². The fourth-order valence-corrected chi connectivity index (χ4v) is 3.16. The SMILES string of the molecule is CCCN(CCC)c1c(Cc2ccccc2)c(C)nc2ncnn12. The summed E-state index contributed by atoms with van der Waals surface area (Å²) < 4.78 is 1.90. The molecule has 0 aliphatic carbocycles. The highest BCUT2D eigenvalue weighted by molar-refractivity contribution is 5.56. The van der Waals surface area contributed by atoms with E-state index in [4.69, 9.17) is 0 Å². The first kappa shape index (κ1) is 16.4. The number of benzene rings is 1. The molecule has 126 valence electrons. The molecule has 0 spiro atoms. The molecule has 0 saturated carbocycles. The maximum absolute atomic E-state index is 4.66. The number of hydrogen-bond donors (Lipinski definition) is 0. The van der Waals surface area contributed by atoms with Crippen molar-refractivity contribution in [3.8, 4) is 0 Å². The van der Waals surface area contributed by atoms with E-state index in [2.05, 4.69) is 71.1 Å². The van der Waals surface area contributed by atoms with Gasteiger partial charge in [-0.2, -0.15) is 14.6 Å². The van der Waals surface area contributed by atoms with Crippen LogP contribution in [0.15, 0.2) is 36.7 Å². The lowest BCUT2D eigenvalue weighted by atomic mass is 10.0. The van der Waals surface area contributed by atoms with Crippen molar-refractivity contribution >= 4 is 11.6 Å². The van der Waals surface area contributed by atoms with Crippen LogP contribution in [0.3, 0.4) is 0 Å². The molecular formula is C19H25N5. The molecule has 3 rings (SSSR count). The Morgan fingerprint density at radius 2 is 1.75 bits per heavy atom. The summed E-state index contributed by atoms with van der Waals surface area (Å²) in [5.74, 6) is 1.82. The number of nitrogens with zero attached hydrogens (tertiary/aromatic N) is 5. The Bertz CT molecular complexity index is 788. The Kier molecular flexibility index (Phi) is 5.08. The van der Waals surface area contributed by atoms with Gasteiger partial charge in [0.25, 0.3) is 5.78 Å². The van der Waals surface area contributed by atoms with E-state index in [1.807, 2.05) is 4.52 Å². The molecule has 0 saturated heterocycles. The molecule has 2 heterocycles. The summed E-state index contributed by atoms with van der Waals surface area (Å²) in [7, 11) is 0. The van der Waals surface area contributed by atoms with Crippen LogP contribution < -0.4 is 4.90 Å². The number of fused-ring (bicyclic) bond motifs is 1. The lowest BCUT2D eigenvalue weighted by Gasteiger charge is -2.27. The molecule has 2 aromatic heterocycles. The maximum atomic E-state index is 4.66. The third-order valence-electron chi connectivity index (χ3n) is 4.22. The molecule has 0 fully saturated rings. The minimum atomic E-state index is 0.677. The summed E-state index contributed by atoms with van der Waals surface area (Å²) >= 11 is 0. The zero-order valence-electron chi connectivity index (χ0n) is 14.7. The molecule has 5 heteroatoms. The van der Waals surface area contributed by atoms with Gasteiger partial charge in [0.05, 0.1) is 0 Å². The minimum absolute atomic E-state index is 0.677. The van der Waals surface area contributed by atoms with Crippen LogP contribution in [-0.4, -0.2) is 32.7 Å². The van der Waals surface area contributed by atoms with Gasteiger partial charge in [0.1, 0.15) is 12.1 Å². The van der Waals surface area contributed by atoms with Crippen molar-refractivity contribution in [2.75, 3.05) is 18.0 Å². The van der Waals surface area contributed by atoms with Crippen molar-refractivity contribution in [1.82, 2.24) is 19.6 Å². The van der Waals surface area contributed by atoms with E-state index < -0.39 is 0 Å². The monoisotopic (exact) mass is 323 g/mol. The third kappa shape index (κ3) is 3.25. The summed E-state index contributed by atoms with van der Waals surface area (Å²) in [5, 5.41) is 4.45. The lowest BCUT2D eigenvalue weighted by Crippen LogP contribution is -2.29. The average molecular weight is 323 g/mol. The lowest BCUT2D eigenvalue weighted by molar-refractivity contribution is 0.707. The number of anilines is 1. The molecule has 3 aromatic rings. The van der Waals surface area contributed by atoms with Gasteiger partial charge in [-0.1, -0.05) is 44.2 Å². The maximum Gasteiger partial charge on any atom is 0.254 e. The topological polar surface area (TPSA) is 46.3 Å². The first-order chi connectivity index (χ1) is 11.7. The summed E-state index contributed by atoms with van der Waals surface area (Å²) in [5.41, 5.74) is 3.56. The number of aromatic nitrogens is 4. The van der Waals surface area contributed by atoms with Crippen molar-refractivity contribution in [2.45, 2.75) is 40.0 Å². The van der Waals surface area contributed by atoms with Crippen molar-refractivity contribution in [2.24, 2.45) is 0 Å². The Hall–Kier alpha value is -2.43. The summed E-state index contributed by atoms with van der Waals surface area (Å²) in [6.07, 6.45) is 4.65. The van der Waals surface area contributed by atoms with Gasteiger partial charge >= 0.3 is 0 Å². The molecule has 0 aliphatic heterocycles. The molecule has 0 bridgehead atoms. The molecule has 0 amide bonds. The smallest absolute Gasteiger partial charge is 0.254 e. The Morgan fingerprint density at radius 1 is 1.04 bits per heavy atom. The normalized spacial score (nSPS) is 11.1. The summed E-state index contributed by atoms with van der Waals surface area (Å²) in [4.78, 5) is 11.4. The van der Waals surface area contributed by atoms with Crippen molar-refractivity contribution in [3.05, 3.63) is 53.5 Å². The van der Waals surface area contributed by atoms with Gasteiger partial charge < -0.3 is 4.90 Å². The van der Waals surface area contributed by atoms with E-state index >= 15 is 0 Å². The number of rotatable bonds is 7. The zero-order chi connectivity index (χ0) is 16.9. The first-order valence-electron chi connectivity index (χ1n) is 8.72. The largest absolute Gasteiger partial charge is 0.356 e. The molecule has 24 heavy (non-hydrogen) atoms. The number of aryl methyl sites for hydroxylation is 1. The van der Waals surface area contributed by atoms with Crippen molar-refractivity contribution in [1.29, 1.82) is 0 Å². The van der Waals surface area contributed by atoms with Crippen LogP contribution in [0.4, 0.5) is 5.82 Å². The third-order valence-corrected chi connectivity index (χ3v) is 4.22. The average Bonchev–Trinajstić information content (AvgIpc) is 3.04. The Labute approximate surface area is 143 Å². The second-order valence-electron chi connectivity index (χ2n) is 6.12. The standard InChI is InChI=1S/C19H25N5/c1-4-11-23(12-5-2)18-17(13-16-9-7-6-8-10-16)15(3)22-19-20-14-21-24(18)19/h6-10,14H,4-5,11-13H2,1-3H3. The highest BCUT2D eigenvalue weighted by Crippen LogP contribution is 2.26. The first-order valence-corrected chi connectivity index (χ1v) is 8.72. The molecule has 0 atom stereocenters. The van der Waals surface area contributed by atoms with E-state index in [-0.39, 0.29) is 0 Å². The molecule has 0 unspecified atom stereocenters. The van der Waals surface area contributed by atoms with Gasteiger partial charge in [-0.05, 0) is 25.3 Å². The highest BCUT2D eigenvalue weighted by Gasteiger charge is 2.19. The molecule has 5 nitrogen and oxygen atoms in total. The van der Waals surface area contributed by atoms with Crippen LogP contribution in [-0.2, 0) is 6.42 Å². The van der Waals surface area contributed by atoms with Crippen molar-refractivity contribution in [3.63, 3.8) is 0 Å². The van der Waals surface area contributed by atoms with Gasteiger partial charge in [0.15, 0.2) is 0 Å².